The number of rotatable bonds is 6. The Morgan fingerprint density at radius 1 is 0.290 bits per heavy atom. The normalized spacial score (nSPS) is 16.9. The fourth-order valence-electron chi connectivity index (χ4n) is 1.46. The third-order valence-electron chi connectivity index (χ3n) is 3.31. The van der Waals surface area contributed by atoms with E-state index in [1.54, 1.807) is 0 Å². The van der Waals surface area contributed by atoms with Gasteiger partial charge in [0.15, 0.2) is 0 Å². The quantitative estimate of drug-likeness (QED) is 0.262. The number of halogens is 20. The van der Waals surface area contributed by atoms with Crippen LogP contribution in [-0.4, -0.2) is 53.8 Å². The zero-order valence-corrected chi connectivity index (χ0v) is 13.2. The third-order valence-corrected chi connectivity index (χ3v) is 3.31. The molecule has 0 heterocycles. The van der Waals surface area contributed by atoms with Crippen LogP contribution in [0, 0.1) is 0 Å². The minimum Gasteiger partial charge on any atom is -0.219 e. The maximum Gasteiger partial charge on any atom is 0.460 e. The van der Waals surface area contributed by atoms with E-state index in [2.05, 4.69) is 0 Å². The van der Waals surface area contributed by atoms with Gasteiger partial charge in [-0.1, -0.05) is 0 Å². The number of hydrogen-bond acceptors (Lipinski definition) is 0. The molecule has 0 radical (unpaired) electrons. The van der Waals surface area contributed by atoms with E-state index in [0.29, 0.717) is 0 Å². The first-order valence-electron chi connectivity index (χ1n) is 6.44. The molecule has 0 bridgehead atoms. The van der Waals surface area contributed by atoms with Crippen LogP contribution in [0.5, 0.6) is 0 Å². The standard InChI is InChI=1S/C11H2F20/c12-3(9(23,24)25,10(26,27)28)1-2-4(13,14)5(15,16)6(17,18)7(19,20)8(21,22)11(29,30)31/h1-2H/b2-1+. The molecule has 0 aromatic heterocycles. The zero-order chi connectivity index (χ0) is 25.9. The van der Waals surface area contributed by atoms with Gasteiger partial charge in [0.25, 0.3) is 0 Å². The first kappa shape index (κ1) is 29.3. The molecule has 186 valence electrons. The Morgan fingerprint density at radius 2 is 0.581 bits per heavy atom. The molecular formula is C11H2F20. The van der Waals surface area contributed by atoms with Gasteiger partial charge in [-0.2, -0.15) is 83.4 Å². The fraction of sp³-hybridized carbons (Fsp3) is 0.818. The topological polar surface area (TPSA) is 0 Å². The van der Waals surface area contributed by atoms with Crippen molar-refractivity contribution in [1.29, 1.82) is 0 Å². The van der Waals surface area contributed by atoms with E-state index >= 15 is 0 Å². The predicted molar refractivity (Wildman–Crippen MR) is 55.9 cm³/mol. The zero-order valence-electron chi connectivity index (χ0n) is 13.2. The largest absolute Gasteiger partial charge is 0.460 e. The van der Waals surface area contributed by atoms with Gasteiger partial charge < -0.3 is 0 Å². The van der Waals surface area contributed by atoms with Gasteiger partial charge in [-0.3, -0.25) is 0 Å². The highest BCUT2D eigenvalue weighted by Crippen LogP contribution is 2.60. The van der Waals surface area contributed by atoms with Crippen molar-refractivity contribution in [3.05, 3.63) is 12.2 Å². The second-order valence-corrected chi connectivity index (χ2v) is 5.46. The lowest BCUT2D eigenvalue weighted by Crippen LogP contribution is -2.69. The van der Waals surface area contributed by atoms with Crippen LogP contribution in [0.4, 0.5) is 87.8 Å². The number of alkyl halides is 20. The SMILES string of the molecule is FC(F)(F)C(F)(F)C(F)(F)C(F)(F)C(F)(F)C(F)(F)/C=C/C(F)(C(F)(F)F)C(F)(F)F. The maximum absolute atomic E-state index is 13.1. The second-order valence-electron chi connectivity index (χ2n) is 5.46. The average molecular weight is 514 g/mol. The van der Waals surface area contributed by atoms with E-state index in [0.717, 1.165) is 0 Å². The summed E-state index contributed by atoms with van der Waals surface area (Å²) in [6.07, 6.45) is -27.6. The summed E-state index contributed by atoms with van der Waals surface area (Å²) >= 11 is 0. The predicted octanol–water partition coefficient (Wildman–Crippen LogP) is 7.11. The Kier molecular flexibility index (Phi) is 6.79. The van der Waals surface area contributed by atoms with Crippen LogP contribution in [0.3, 0.4) is 0 Å². The van der Waals surface area contributed by atoms with Crippen LogP contribution >= 0.6 is 0 Å². The van der Waals surface area contributed by atoms with Crippen LogP contribution in [0.15, 0.2) is 12.2 Å². The average Bonchev–Trinajstić information content (AvgIpc) is 2.48. The van der Waals surface area contributed by atoms with Gasteiger partial charge in [-0.25, -0.2) is 4.39 Å². The van der Waals surface area contributed by atoms with E-state index < -0.39 is 66.0 Å². The number of allylic oxidation sites excluding steroid dienone is 2. The van der Waals surface area contributed by atoms with E-state index in [-0.39, 0.29) is 0 Å². The molecule has 0 unspecified atom stereocenters. The van der Waals surface area contributed by atoms with Gasteiger partial charge in [0.1, 0.15) is 0 Å². The van der Waals surface area contributed by atoms with Crippen molar-refractivity contribution in [3.63, 3.8) is 0 Å². The Morgan fingerprint density at radius 3 is 0.839 bits per heavy atom. The van der Waals surface area contributed by atoms with Crippen molar-refractivity contribution in [2.45, 2.75) is 53.8 Å². The van der Waals surface area contributed by atoms with Gasteiger partial charge in [0, 0.05) is 0 Å². The summed E-state index contributed by atoms with van der Waals surface area (Å²) in [5.41, 5.74) is -6.98. The van der Waals surface area contributed by atoms with Crippen LogP contribution in [-0.2, 0) is 0 Å². The molecule has 0 saturated heterocycles. The van der Waals surface area contributed by atoms with Crippen LogP contribution in [0.1, 0.15) is 0 Å². The second kappa shape index (κ2) is 7.17. The summed E-state index contributed by atoms with van der Waals surface area (Å²) in [4.78, 5) is 0. The van der Waals surface area contributed by atoms with E-state index in [1.165, 1.54) is 0 Å². The number of hydrogen-bond donors (Lipinski definition) is 0. The molecule has 0 fully saturated rings. The summed E-state index contributed by atoms with van der Waals surface area (Å²) in [5.74, 6) is -40.7. The first-order chi connectivity index (χ1) is 13.0. The lowest BCUT2D eigenvalue weighted by molar-refractivity contribution is -0.436. The van der Waals surface area contributed by atoms with Crippen LogP contribution in [0.25, 0.3) is 0 Å². The highest BCUT2D eigenvalue weighted by molar-refractivity contribution is 5.20. The smallest absolute Gasteiger partial charge is 0.219 e. The molecular weight excluding hydrogens is 512 g/mol. The van der Waals surface area contributed by atoms with Crippen LogP contribution in [0.2, 0.25) is 0 Å². The summed E-state index contributed by atoms with van der Waals surface area (Å²) < 4.78 is 251. The highest BCUT2D eigenvalue weighted by Gasteiger charge is 2.90. The first-order valence-corrected chi connectivity index (χ1v) is 6.44. The Hall–Kier alpha value is -1.66. The van der Waals surface area contributed by atoms with Gasteiger partial charge in [0.05, 0.1) is 0 Å². The molecule has 0 rings (SSSR count). The van der Waals surface area contributed by atoms with E-state index in [1.807, 2.05) is 0 Å². The van der Waals surface area contributed by atoms with Crippen molar-refractivity contribution in [3.8, 4) is 0 Å². The van der Waals surface area contributed by atoms with Crippen molar-refractivity contribution in [2.24, 2.45) is 0 Å². The molecule has 0 aliphatic rings. The Balaban J connectivity index is 6.64. The van der Waals surface area contributed by atoms with Gasteiger partial charge >= 0.3 is 53.8 Å². The molecule has 0 nitrogen and oxygen atoms in total. The molecule has 20 heteroatoms. The molecule has 0 spiro atoms. The molecule has 31 heavy (non-hydrogen) atoms. The summed E-state index contributed by atoms with van der Waals surface area (Å²) in [5, 5.41) is 0. The Bertz CT molecular complexity index is 655. The molecule has 0 aliphatic carbocycles. The molecule has 0 aliphatic heterocycles. The van der Waals surface area contributed by atoms with E-state index in [9.17, 15) is 87.8 Å². The fourth-order valence-corrected chi connectivity index (χ4v) is 1.46. The van der Waals surface area contributed by atoms with Crippen molar-refractivity contribution in [1.82, 2.24) is 0 Å². The van der Waals surface area contributed by atoms with Crippen molar-refractivity contribution in [2.75, 3.05) is 0 Å². The summed E-state index contributed by atoms with van der Waals surface area (Å²) in [7, 11) is 0. The lowest BCUT2D eigenvalue weighted by atomic mass is 9.92. The van der Waals surface area contributed by atoms with E-state index in [4.69, 9.17) is 0 Å². The highest BCUT2D eigenvalue weighted by atomic mass is 19.4. The van der Waals surface area contributed by atoms with Gasteiger partial charge in [-0.05, 0) is 12.2 Å². The third kappa shape index (κ3) is 4.21. The molecule has 0 saturated carbocycles. The molecule has 0 aromatic carbocycles. The van der Waals surface area contributed by atoms with Crippen molar-refractivity contribution < 1.29 is 87.8 Å². The Labute approximate surface area is 155 Å². The van der Waals surface area contributed by atoms with Gasteiger partial charge in [-0.15, -0.1) is 0 Å². The summed E-state index contributed by atoms with van der Waals surface area (Å²) in [6.45, 7) is 0. The molecule has 0 N–H and O–H groups in total. The molecule has 0 atom stereocenters. The monoisotopic (exact) mass is 514 g/mol. The lowest BCUT2D eigenvalue weighted by Gasteiger charge is -2.39. The molecule has 0 amide bonds. The maximum atomic E-state index is 13.1. The molecule has 0 aromatic rings. The van der Waals surface area contributed by atoms with Crippen LogP contribution < -0.4 is 0 Å². The van der Waals surface area contributed by atoms with Gasteiger partial charge in [0.2, 0.25) is 0 Å². The minimum atomic E-state index is -8.47. The minimum absolute atomic E-state index is 2.57. The van der Waals surface area contributed by atoms with Crippen molar-refractivity contribution >= 4 is 0 Å². The summed E-state index contributed by atoms with van der Waals surface area (Å²) in [6, 6.07) is 0.